The van der Waals surface area contributed by atoms with E-state index in [1.807, 2.05) is 41.8 Å². The standard InChI is InChI=1S/C24H26ClN5OS/c1-16(2)29-11-9-19(10-12-29)27-24(31)22-20(14-26)23(21-4-3-13-32-21)30(28-22)15-17-5-7-18(25)8-6-17/h3-8,13,16,19H,9-12,15H2,1-2H3,(H,27,31). The highest BCUT2D eigenvalue weighted by Gasteiger charge is 2.28. The summed E-state index contributed by atoms with van der Waals surface area (Å²) in [6.45, 7) is 6.74. The summed E-state index contributed by atoms with van der Waals surface area (Å²) in [6.07, 6.45) is 1.80. The van der Waals surface area contributed by atoms with Crippen LogP contribution < -0.4 is 5.32 Å². The van der Waals surface area contributed by atoms with Gasteiger partial charge < -0.3 is 10.2 Å². The molecule has 1 amide bonds. The van der Waals surface area contributed by atoms with Gasteiger partial charge in [0.1, 0.15) is 11.6 Å². The lowest BCUT2D eigenvalue weighted by atomic mass is 10.0. The van der Waals surface area contributed by atoms with Crippen molar-refractivity contribution in [3.05, 3.63) is 63.6 Å². The molecule has 8 heteroatoms. The van der Waals surface area contributed by atoms with Crippen LogP contribution in [0.1, 0.15) is 48.3 Å². The number of nitrogens with zero attached hydrogens (tertiary/aromatic N) is 4. The quantitative estimate of drug-likeness (QED) is 0.565. The molecule has 0 unspecified atom stereocenters. The summed E-state index contributed by atoms with van der Waals surface area (Å²) in [5.41, 5.74) is 2.18. The zero-order valence-electron chi connectivity index (χ0n) is 18.2. The highest BCUT2D eigenvalue weighted by atomic mass is 35.5. The minimum atomic E-state index is -0.280. The summed E-state index contributed by atoms with van der Waals surface area (Å²) in [6, 6.07) is 14.2. The van der Waals surface area contributed by atoms with Crippen LogP contribution in [0, 0.1) is 11.3 Å². The van der Waals surface area contributed by atoms with Gasteiger partial charge in [-0.2, -0.15) is 10.4 Å². The maximum Gasteiger partial charge on any atom is 0.273 e. The number of benzene rings is 1. The first-order valence-corrected chi connectivity index (χ1v) is 12.1. The molecule has 3 heterocycles. The predicted octanol–water partition coefficient (Wildman–Crippen LogP) is 4.79. The van der Waals surface area contributed by atoms with Gasteiger partial charge in [-0.15, -0.1) is 11.3 Å². The van der Waals surface area contributed by atoms with Crippen molar-refractivity contribution in [2.75, 3.05) is 13.1 Å². The number of rotatable bonds is 6. The molecule has 1 aliphatic rings. The van der Waals surface area contributed by atoms with E-state index in [-0.39, 0.29) is 17.6 Å². The van der Waals surface area contributed by atoms with Gasteiger partial charge in [0.05, 0.1) is 17.1 Å². The van der Waals surface area contributed by atoms with Gasteiger partial charge in [-0.05, 0) is 55.8 Å². The Morgan fingerprint density at radius 1 is 1.28 bits per heavy atom. The number of amides is 1. The summed E-state index contributed by atoms with van der Waals surface area (Å²) in [7, 11) is 0. The second kappa shape index (κ2) is 9.86. The average Bonchev–Trinajstić information content (AvgIpc) is 3.43. The number of nitrogens with one attached hydrogen (secondary N) is 1. The summed E-state index contributed by atoms with van der Waals surface area (Å²) < 4.78 is 1.75. The molecule has 0 spiro atoms. The molecule has 1 aliphatic heterocycles. The van der Waals surface area contributed by atoms with E-state index in [9.17, 15) is 10.1 Å². The Morgan fingerprint density at radius 2 is 2.00 bits per heavy atom. The number of hydrogen-bond acceptors (Lipinski definition) is 5. The molecule has 0 saturated carbocycles. The third-order valence-corrected chi connectivity index (χ3v) is 7.00. The van der Waals surface area contributed by atoms with E-state index in [1.54, 1.807) is 4.68 Å². The van der Waals surface area contributed by atoms with E-state index in [2.05, 4.69) is 35.2 Å². The highest BCUT2D eigenvalue weighted by Crippen LogP contribution is 2.31. The van der Waals surface area contributed by atoms with Crippen LogP contribution in [0.5, 0.6) is 0 Å². The van der Waals surface area contributed by atoms with E-state index < -0.39 is 0 Å². The van der Waals surface area contributed by atoms with Crippen molar-refractivity contribution in [1.82, 2.24) is 20.0 Å². The van der Waals surface area contributed by atoms with Gasteiger partial charge in [0.15, 0.2) is 5.69 Å². The summed E-state index contributed by atoms with van der Waals surface area (Å²) in [4.78, 5) is 16.5. The molecule has 4 rings (SSSR count). The lowest BCUT2D eigenvalue weighted by molar-refractivity contribution is 0.0894. The predicted molar refractivity (Wildman–Crippen MR) is 128 cm³/mol. The normalized spacial score (nSPS) is 15.1. The van der Waals surface area contributed by atoms with Crippen LogP contribution in [0.4, 0.5) is 0 Å². The zero-order chi connectivity index (χ0) is 22.7. The van der Waals surface area contributed by atoms with Crippen LogP contribution in [0.2, 0.25) is 5.02 Å². The molecule has 2 aromatic heterocycles. The van der Waals surface area contributed by atoms with E-state index in [1.165, 1.54) is 11.3 Å². The topological polar surface area (TPSA) is 74.0 Å². The largest absolute Gasteiger partial charge is 0.348 e. The Labute approximate surface area is 197 Å². The molecule has 32 heavy (non-hydrogen) atoms. The Kier molecular flexibility index (Phi) is 6.95. The van der Waals surface area contributed by atoms with Crippen molar-refractivity contribution in [3.63, 3.8) is 0 Å². The van der Waals surface area contributed by atoms with E-state index in [0.717, 1.165) is 36.4 Å². The first-order chi connectivity index (χ1) is 15.5. The van der Waals surface area contributed by atoms with Crippen molar-refractivity contribution in [1.29, 1.82) is 5.26 Å². The number of piperidine rings is 1. The van der Waals surface area contributed by atoms with Crippen LogP contribution in [0.15, 0.2) is 41.8 Å². The van der Waals surface area contributed by atoms with E-state index >= 15 is 0 Å². The Hall–Kier alpha value is -2.66. The third kappa shape index (κ3) is 4.88. The molecule has 166 valence electrons. The van der Waals surface area contributed by atoms with Gasteiger partial charge in [0, 0.05) is 30.2 Å². The van der Waals surface area contributed by atoms with E-state index in [0.29, 0.717) is 28.9 Å². The maximum absolute atomic E-state index is 13.2. The van der Waals surface area contributed by atoms with E-state index in [4.69, 9.17) is 11.6 Å². The van der Waals surface area contributed by atoms with Crippen molar-refractivity contribution in [2.45, 2.75) is 45.3 Å². The minimum Gasteiger partial charge on any atom is -0.348 e. The maximum atomic E-state index is 13.2. The Bertz CT molecular complexity index is 1110. The number of nitriles is 1. The smallest absolute Gasteiger partial charge is 0.273 e. The summed E-state index contributed by atoms with van der Waals surface area (Å²) in [5.74, 6) is -0.280. The molecule has 3 aromatic rings. The van der Waals surface area contributed by atoms with Gasteiger partial charge in [0.25, 0.3) is 5.91 Å². The second-order valence-electron chi connectivity index (χ2n) is 8.32. The van der Waals surface area contributed by atoms with Crippen LogP contribution in [-0.4, -0.2) is 45.8 Å². The fourth-order valence-corrected chi connectivity index (χ4v) is 4.99. The number of carbonyl (C=O) groups is 1. The lowest BCUT2D eigenvalue weighted by Crippen LogP contribution is -2.46. The lowest BCUT2D eigenvalue weighted by Gasteiger charge is -2.34. The Balaban J connectivity index is 1.61. The fraction of sp³-hybridized carbons (Fsp3) is 0.375. The number of aromatic nitrogens is 2. The minimum absolute atomic E-state index is 0.0932. The van der Waals surface area contributed by atoms with Crippen molar-refractivity contribution >= 4 is 28.8 Å². The molecule has 1 aromatic carbocycles. The van der Waals surface area contributed by atoms with Crippen molar-refractivity contribution < 1.29 is 4.79 Å². The van der Waals surface area contributed by atoms with Gasteiger partial charge >= 0.3 is 0 Å². The molecule has 0 aliphatic carbocycles. The van der Waals surface area contributed by atoms with Crippen molar-refractivity contribution in [3.8, 4) is 16.6 Å². The molecule has 0 radical (unpaired) electrons. The van der Waals surface area contributed by atoms with Crippen LogP contribution in [0.3, 0.4) is 0 Å². The summed E-state index contributed by atoms with van der Waals surface area (Å²) in [5, 5.41) is 20.3. The number of carbonyl (C=O) groups excluding carboxylic acids is 1. The van der Waals surface area contributed by atoms with Gasteiger partial charge in [-0.25, -0.2) is 0 Å². The zero-order valence-corrected chi connectivity index (χ0v) is 19.8. The fourth-order valence-electron chi connectivity index (χ4n) is 4.08. The number of likely N-dealkylation sites (tertiary alicyclic amines) is 1. The molecule has 0 atom stereocenters. The van der Waals surface area contributed by atoms with Crippen molar-refractivity contribution in [2.24, 2.45) is 0 Å². The molecule has 1 saturated heterocycles. The first kappa shape index (κ1) is 22.5. The number of halogens is 1. The molecule has 1 N–H and O–H groups in total. The second-order valence-corrected chi connectivity index (χ2v) is 9.71. The summed E-state index contributed by atoms with van der Waals surface area (Å²) >= 11 is 7.55. The van der Waals surface area contributed by atoms with Gasteiger partial charge in [-0.3, -0.25) is 9.48 Å². The molecular formula is C24H26ClN5OS. The number of hydrogen-bond donors (Lipinski definition) is 1. The highest BCUT2D eigenvalue weighted by molar-refractivity contribution is 7.13. The molecular weight excluding hydrogens is 442 g/mol. The van der Waals surface area contributed by atoms with Gasteiger partial charge in [-0.1, -0.05) is 29.8 Å². The number of thiophene rings is 1. The Morgan fingerprint density at radius 3 is 2.59 bits per heavy atom. The first-order valence-electron chi connectivity index (χ1n) is 10.8. The SMILES string of the molecule is CC(C)N1CCC(NC(=O)c2nn(Cc3ccc(Cl)cc3)c(-c3cccs3)c2C#N)CC1. The molecule has 6 nitrogen and oxygen atoms in total. The average molecular weight is 468 g/mol. The third-order valence-electron chi connectivity index (χ3n) is 5.87. The molecule has 0 bridgehead atoms. The van der Waals surface area contributed by atoms with Crippen LogP contribution >= 0.6 is 22.9 Å². The van der Waals surface area contributed by atoms with Crippen LogP contribution in [0.25, 0.3) is 10.6 Å². The monoisotopic (exact) mass is 467 g/mol. The molecule has 1 fully saturated rings. The van der Waals surface area contributed by atoms with Gasteiger partial charge in [0.2, 0.25) is 0 Å². The van der Waals surface area contributed by atoms with Crippen LogP contribution in [-0.2, 0) is 6.54 Å².